The summed E-state index contributed by atoms with van der Waals surface area (Å²) in [4.78, 5) is 24.4. The van der Waals surface area contributed by atoms with Gasteiger partial charge in [0.15, 0.2) is 11.5 Å². The second-order valence-electron chi connectivity index (χ2n) is 6.48. The van der Waals surface area contributed by atoms with Crippen molar-refractivity contribution in [3.05, 3.63) is 63.9 Å². The van der Waals surface area contributed by atoms with Gasteiger partial charge in [0.1, 0.15) is 11.5 Å². The molecule has 2 N–H and O–H groups in total. The highest BCUT2D eigenvalue weighted by Gasteiger charge is 2.14. The molecule has 0 bridgehead atoms. The highest BCUT2D eigenvalue weighted by molar-refractivity contribution is 5.93. The number of nitrogens with one attached hydrogen (secondary N) is 2. The number of nitrogens with zero attached hydrogens (tertiary/aromatic N) is 3. The summed E-state index contributed by atoms with van der Waals surface area (Å²) < 4.78 is 8.71. The van der Waals surface area contributed by atoms with Crippen molar-refractivity contribution in [2.45, 2.75) is 13.5 Å². The number of aryl methyl sites for hydroxylation is 3. The van der Waals surface area contributed by atoms with Crippen LogP contribution in [-0.2, 0) is 20.6 Å². The SMILES string of the molecule is Cc1ccc(-c2cc(C(=O)NCc3ccc4c(c3)n(C)c(=O)n4C)n[nH]2)o1. The van der Waals surface area contributed by atoms with Gasteiger partial charge in [0.25, 0.3) is 5.91 Å². The summed E-state index contributed by atoms with van der Waals surface area (Å²) in [5, 5.41) is 9.70. The average molecular weight is 365 g/mol. The van der Waals surface area contributed by atoms with Gasteiger partial charge in [-0.05, 0) is 36.8 Å². The Labute approximate surface area is 154 Å². The van der Waals surface area contributed by atoms with Crippen LogP contribution in [0, 0.1) is 6.92 Å². The second kappa shape index (κ2) is 6.31. The lowest BCUT2D eigenvalue weighted by Gasteiger charge is -2.04. The van der Waals surface area contributed by atoms with Crippen LogP contribution in [0.1, 0.15) is 21.8 Å². The number of imidazole rings is 1. The molecule has 4 aromatic rings. The van der Waals surface area contributed by atoms with Gasteiger partial charge in [-0.2, -0.15) is 5.10 Å². The third-order valence-corrected chi connectivity index (χ3v) is 4.61. The number of aromatic nitrogens is 4. The van der Waals surface area contributed by atoms with E-state index < -0.39 is 0 Å². The fourth-order valence-corrected chi connectivity index (χ4v) is 3.08. The first-order valence-electron chi connectivity index (χ1n) is 8.49. The molecule has 8 heteroatoms. The number of fused-ring (bicyclic) bond motifs is 1. The average Bonchev–Trinajstić information content (AvgIpc) is 3.37. The fourth-order valence-electron chi connectivity index (χ4n) is 3.08. The molecule has 0 spiro atoms. The molecule has 27 heavy (non-hydrogen) atoms. The molecule has 1 aromatic carbocycles. The lowest BCUT2D eigenvalue weighted by molar-refractivity contribution is 0.0946. The molecule has 1 amide bonds. The van der Waals surface area contributed by atoms with Gasteiger partial charge < -0.3 is 9.73 Å². The number of aromatic amines is 1. The summed E-state index contributed by atoms with van der Waals surface area (Å²) in [5.74, 6) is 1.13. The first kappa shape index (κ1) is 16.9. The van der Waals surface area contributed by atoms with Crippen molar-refractivity contribution in [1.82, 2.24) is 24.6 Å². The van der Waals surface area contributed by atoms with Gasteiger partial charge in [-0.3, -0.25) is 19.0 Å². The smallest absolute Gasteiger partial charge is 0.328 e. The molecular formula is C19H19N5O3. The van der Waals surface area contributed by atoms with Crippen LogP contribution in [0.25, 0.3) is 22.5 Å². The third-order valence-electron chi connectivity index (χ3n) is 4.61. The van der Waals surface area contributed by atoms with Crippen LogP contribution in [0.3, 0.4) is 0 Å². The number of furan rings is 1. The van der Waals surface area contributed by atoms with Crippen molar-refractivity contribution in [3.63, 3.8) is 0 Å². The Balaban J connectivity index is 1.49. The molecule has 0 aliphatic heterocycles. The van der Waals surface area contributed by atoms with E-state index in [9.17, 15) is 9.59 Å². The first-order valence-corrected chi connectivity index (χ1v) is 8.49. The van der Waals surface area contributed by atoms with Gasteiger partial charge in [0, 0.05) is 26.7 Å². The number of hydrogen-bond acceptors (Lipinski definition) is 4. The van der Waals surface area contributed by atoms with Crippen molar-refractivity contribution >= 4 is 16.9 Å². The van der Waals surface area contributed by atoms with E-state index in [-0.39, 0.29) is 17.3 Å². The van der Waals surface area contributed by atoms with Crippen LogP contribution in [0.2, 0.25) is 0 Å². The van der Waals surface area contributed by atoms with Gasteiger partial charge in [0.05, 0.1) is 11.0 Å². The maximum atomic E-state index is 12.4. The van der Waals surface area contributed by atoms with Crippen LogP contribution in [0.4, 0.5) is 0 Å². The summed E-state index contributed by atoms with van der Waals surface area (Å²) in [5.41, 5.74) is 3.42. The molecule has 0 aliphatic carbocycles. The lowest BCUT2D eigenvalue weighted by Crippen LogP contribution is -2.23. The molecule has 0 radical (unpaired) electrons. The number of carbonyl (C=O) groups excluding carboxylic acids is 1. The molecule has 8 nitrogen and oxygen atoms in total. The van der Waals surface area contributed by atoms with E-state index in [0.717, 1.165) is 22.4 Å². The Bertz CT molecular complexity index is 1210. The fraction of sp³-hybridized carbons (Fsp3) is 0.211. The van der Waals surface area contributed by atoms with E-state index in [2.05, 4.69) is 15.5 Å². The minimum absolute atomic E-state index is 0.0802. The Kier molecular flexibility index (Phi) is 3.95. The molecule has 4 rings (SSSR count). The van der Waals surface area contributed by atoms with Crippen molar-refractivity contribution in [2.24, 2.45) is 14.1 Å². The molecule has 3 heterocycles. The molecule has 0 unspecified atom stereocenters. The van der Waals surface area contributed by atoms with Gasteiger partial charge in [-0.15, -0.1) is 0 Å². The Morgan fingerprint density at radius 2 is 1.93 bits per heavy atom. The van der Waals surface area contributed by atoms with Crippen LogP contribution >= 0.6 is 0 Å². The molecule has 3 aromatic heterocycles. The number of rotatable bonds is 4. The topological polar surface area (TPSA) is 97.9 Å². The quantitative estimate of drug-likeness (QED) is 0.579. The zero-order chi connectivity index (χ0) is 19.1. The van der Waals surface area contributed by atoms with E-state index >= 15 is 0 Å². The van der Waals surface area contributed by atoms with Crippen LogP contribution < -0.4 is 11.0 Å². The maximum Gasteiger partial charge on any atom is 0.328 e. The molecule has 0 aliphatic rings. The normalized spacial score (nSPS) is 11.2. The molecule has 0 fully saturated rings. The number of H-pyrrole nitrogens is 1. The highest BCUT2D eigenvalue weighted by atomic mass is 16.3. The molecule has 0 atom stereocenters. The van der Waals surface area contributed by atoms with Gasteiger partial charge in [-0.1, -0.05) is 6.07 Å². The second-order valence-corrected chi connectivity index (χ2v) is 6.48. The first-order chi connectivity index (χ1) is 12.9. The minimum atomic E-state index is -0.289. The summed E-state index contributed by atoms with van der Waals surface area (Å²) in [7, 11) is 3.47. The van der Waals surface area contributed by atoms with Crippen molar-refractivity contribution in [2.75, 3.05) is 0 Å². The summed E-state index contributed by atoms with van der Waals surface area (Å²) in [6.07, 6.45) is 0. The zero-order valence-electron chi connectivity index (χ0n) is 15.2. The van der Waals surface area contributed by atoms with E-state index in [1.165, 1.54) is 0 Å². The summed E-state index contributed by atoms with van der Waals surface area (Å²) in [6, 6.07) is 11.0. The standard InChI is InChI=1S/C19H19N5O3/c1-11-4-7-17(27-11)13-9-14(22-21-13)18(25)20-10-12-5-6-15-16(8-12)24(3)19(26)23(15)2/h4-9H,10H2,1-3H3,(H,20,25)(H,21,22). The predicted octanol–water partition coefficient (Wildman–Crippen LogP) is 2.10. The number of hydrogen-bond donors (Lipinski definition) is 2. The van der Waals surface area contributed by atoms with Crippen LogP contribution in [0.5, 0.6) is 0 Å². The number of amides is 1. The van der Waals surface area contributed by atoms with E-state index in [1.807, 2.05) is 37.3 Å². The molecular weight excluding hydrogens is 346 g/mol. The van der Waals surface area contributed by atoms with Gasteiger partial charge in [0.2, 0.25) is 0 Å². The van der Waals surface area contributed by atoms with Crippen LogP contribution in [0.15, 0.2) is 45.6 Å². The van der Waals surface area contributed by atoms with Gasteiger partial charge >= 0.3 is 5.69 Å². The molecule has 0 saturated carbocycles. The number of benzene rings is 1. The Hall–Kier alpha value is -3.55. The predicted molar refractivity (Wildman–Crippen MR) is 100 cm³/mol. The molecule has 138 valence electrons. The minimum Gasteiger partial charge on any atom is -0.460 e. The Morgan fingerprint density at radius 1 is 1.15 bits per heavy atom. The van der Waals surface area contributed by atoms with Gasteiger partial charge in [-0.25, -0.2) is 4.79 Å². The third kappa shape index (κ3) is 2.95. The highest BCUT2D eigenvalue weighted by Crippen LogP contribution is 2.20. The molecule has 0 saturated heterocycles. The maximum absolute atomic E-state index is 12.4. The zero-order valence-corrected chi connectivity index (χ0v) is 15.2. The summed E-state index contributed by atoms with van der Waals surface area (Å²) in [6.45, 7) is 2.19. The van der Waals surface area contributed by atoms with Crippen LogP contribution in [-0.4, -0.2) is 25.2 Å². The van der Waals surface area contributed by atoms with E-state index in [0.29, 0.717) is 18.0 Å². The van der Waals surface area contributed by atoms with Crippen molar-refractivity contribution in [1.29, 1.82) is 0 Å². The number of carbonyl (C=O) groups is 1. The van der Waals surface area contributed by atoms with Crippen molar-refractivity contribution < 1.29 is 9.21 Å². The Morgan fingerprint density at radius 3 is 2.67 bits per heavy atom. The van der Waals surface area contributed by atoms with Crippen molar-refractivity contribution in [3.8, 4) is 11.5 Å². The largest absolute Gasteiger partial charge is 0.460 e. The lowest BCUT2D eigenvalue weighted by atomic mass is 10.2. The van der Waals surface area contributed by atoms with E-state index in [1.54, 1.807) is 29.3 Å². The summed E-state index contributed by atoms with van der Waals surface area (Å²) >= 11 is 0. The van der Waals surface area contributed by atoms with E-state index in [4.69, 9.17) is 4.42 Å². The monoisotopic (exact) mass is 365 g/mol.